The number of nitrogens with zero attached hydrogens (tertiary/aromatic N) is 2. The summed E-state index contributed by atoms with van der Waals surface area (Å²) in [4.78, 5) is 27.3. The van der Waals surface area contributed by atoms with E-state index in [0.29, 0.717) is 32.8 Å². The first-order valence-corrected chi connectivity index (χ1v) is 8.17. The maximum atomic E-state index is 12.1. The normalized spacial score (nSPS) is 19.9. The van der Waals surface area contributed by atoms with E-state index in [9.17, 15) is 9.59 Å². The van der Waals surface area contributed by atoms with Gasteiger partial charge in [0.2, 0.25) is 0 Å². The molecule has 0 saturated carbocycles. The molecule has 0 unspecified atom stereocenters. The van der Waals surface area contributed by atoms with Crippen LogP contribution in [0.15, 0.2) is 0 Å². The number of hydrogen-bond acceptors (Lipinski definition) is 4. The van der Waals surface area contributed by atoms with Crippen molar-refractivity contribution in [2.75, 3.05) is 39.8 Å². The fourth-order valence-electron chi connectivity index (χ4n) is 2.32. The summed E-state index contributed by atoms with van der Waals surface area (Å²) in [7, 11) is 1.70. The second-order valence-corrected chi connectivity index (χ2v) is 7.28. The lowest BCUT2D eigenvalue weighted by molar-refractivity contribution is -0.00364. The molecular weight excluding hydrogens is 298 g/mol. The van der Waals surface area contributed by atoms with Crippen LogP contribution in [0.3, 0.4) is 0 Å². The summed E-state index contributed by atoms with van der Waals surface area (Å²) < 4.78 is 10.7. The van der Waals surface area contributed by atoms with Crippen molar-refractivity contribution in [1.82, 2.24) is 15.1 Å². The highest BCUT2D eigenvalue weighted by molar-refractivity contribution is 5.74. The van der Waals surface area contributed by atoms with Gasteiger partial charge in [-0.05, 0) is 33.6 Å². The second-order valence-electron chi connectivity index (χ2n) is 7.28. The zero-order chi connectivity index (χ0) is 17.6. The summed E-state index contributed by atoms with van der Waals surface area (Å²) in [6, 6.07) is -0.0769. The van der Waals surface area contributed by atoms with Crippen LogP contribution in [0.1, 0.15) is 34.6 Å². The lowest BCUT2D eigenvalue weighted by Crippen LogP contribution is -2.50. The van der Waals surface area contributed by atoms with E-state index >= 15 is 0 Å². The molecule has 0 spiro atoms. The lowest BCUT2D eigenvalue weighted by atomic mass is 10.1. The number of nitrogens with one attached hydrogen (secondary N) is 1. The number of amides is 3. The lowest BCUT2D eigenvalue weighted by Gasteiger charge is -2.31. The number of ether oxygens (including phenoxy) is 2. The molecule has 0 aromatic heterocycles. The quantitative estimate of drug-likeness (QED) is 0.855. The van der Waals surface area contributed by atoms with Gasteiger partial charge < -0.3 is 24.6 Å². The first-order valence-electron chi connectivity index (χ1n) is 8.17. The Labute approximate surface area is 139 Å². The number of urea groups is 1. The minimum absolute atomic E-state index is 0.0743. The zero-order valence-electron chi connectivity index (χ0n) is 15.2. The third kappa shape index (κ3) is 7.54. The number of hydrogen-bond donors (Lipinski definition) is 1. The molecule has 0 aromatic rings. The number of carbonyl (C=O) groups is 2. The molecule has 1 heterocycles. The fraction of sp³-hybridized carbons (Fsp3) is 0.875. The summed E-state index contributed by atoms with van der Waals surface area (Å²) in [6.07, 6.45) is -0.275. The van der Waals surface area contributed by atoms with E-state index in [1.165, 1.54) is 0 Å². The average molecular weight is 329 g/mol. The largest absolute Gasteiger partial charge is 0.444 e. The fourth-order valence-corrected chi connectivity index (χ4v) is 2.32. The van der Waals surface area contributed by atoms with Crippen LogP contribution in [0.5, 0.6) is 0 Å². The Morgan fingerprint density at radius 2 is 2.09 bits per heavy atom. The van der Waals surface area contributed by atoms with Gasteiger partial charge in [0.05, 0.1) is 12.7 Å². The smallest absolute Gasteiger partial charge is 0.410 e. The predicted molar refractivity (Wildman–Crippen MR) is 88.4 cm³/mol. The van der Waals surface area contributed by atoms with Crippen molar-refractivity contribution in [2.45, 2.75) is 46.3 Å². The van der Waals surface area contributed by atoms with Gasteiger partial charge in [-0.15, -0.1) is 0 Å². The number of morpholine rings is 1. The van der Waals surface area contributed by atoms with Crippen molar-refractivity contribution in [1.29, 1.82) is 0 Å². The van der Waals surface area contributed by atoms with Gasteiger partial charge in [0.15, 0.2) is 0 Å². The molecular formula is C16H31N3O4. The van der Waals surface area contributed by atoms with Gasteiger partial charge in [0, 0.05) is 33.2 Å². The average Bonchev–Trinajstić information content (AvgIpc) is 2.42. The summed E-state index contributed by atoms with van der Waals surface area (Å²) >= 11 is 0. The molecule has 3 amide bonds. The van der Waals surface area contributed by atoms with Crippen LogP contribution in [0.2, 0.25) is 0 Å². The highest BCUT2D eigenvalue weighted by atomic mass is 16.6. The third-order valence-corrected chi connectivity index (χ3v) is 3.42. The van der Waals surface area contributed by atoms with E-state index in [1.54, 1.807) is 16.8 Å². The predicted octanol–water partition coefficient (Wildman–Crippen LogP) is 1.92. The van der Waals surface area contributed by atoms with Gasteiger partial charge in [0.25, 0.3) is 0 Å². The summed E-state index contributed by atoms with van der Waals surface area (Å²) in [6.45, 7) is 12.3. The Bertz CT molecular complexity index is 409. The molecule has 0 aliphatic carbocycles. The molecule has 7 heteroatoms. The van der Waals surface area contributed by atoms with Crippen molar-refractivity contribution in [2.24, 2.45) is 5.92 Å². The van der Waals surface area contributed by atoms with Gasteiger partial charge in [-0.3, -0.25) is 0 Å². The number of rotatable bonds is 4. The van der Waals surface area contributed by atoms with Crippen molar-refractivity contribution in [3.8, 4) is 0 Å². The zero-order valence-corrected chi connectivity index (χ0v) is 15.2. The van der Waals surface area contributed by atoms with E-state index in [4.69, 9.17) is 9.47 Å². The summed E-state index contributed by atoms with van der Waals surface area (Å²) in [5.41, 5.74) is -0.504. The third-order valence-electron chi connectivity index (χ3n) is 3.42. The molecule has 1 saturated heterocycles. The number of carbonyl (C=O) groups excluding carboxylic acids is 2. The van der Waals surface area contributed by atoms with E-state index in [2.05, 4.69) is 5.32 Å². The van der Waals surface area contributed by atoms with Crippen LogP contribution >= 0.6 is 0 Å². The van der Waals surface area contributed by atoms with E-state index in [-0.39, 0.29) is 24.1 Å². The van der Waals surface area contributed by atoms with Crippen molar-refractivity contribution >= 4 is 12.1 Å². The van der Waals surface area contributed by atoms with Crippen molar-refractivity contribution in [3.63, 3.8) is 0 Å². The standard InChI is InChI=1S/C16H31N3O4/c1-12(10-18(6)15(21)23-16(3,4)5)9-17-14(20)19-7-8-22-13(2)11-19/h12-13H,7-11H2,1-6H3,(H,17,20)/t12-,13+/m1/s1. The van der Waals surface area contributed by atoms with E-state index < -0.39 is 5.60 Å². The Kier molecular flexibility index (Phi) is 7.12. The monoisotopic (exact) mass is 329 g/mol. The van der Waals surface area contributed by atoms with Crippen LogP contribution in [0, 0.1) is 5.92 Å². The Hall–Kier alpha value is -1.50. The topological polar surface area (TPSA) is 71.1 Å². The molecule has 1 rings (SSSR count). The Balaban J connectivity index is 2.31. The minimum Gasteiger partial charge on any atom is -0.444 e. The SMILES string of the molecule is C[C@H](CNC(=O)N1CCO[C@@H](C)C1)CN(C)C(=O)OC(C)(C)C. The van der Waals surface area contributed by atoms with E-state index in [1.807, 2.05) is 34.6 Å². The van der Waals surface area contributed by atoms with Gasteiger partial charge >= 0.3 is 12.1 Å². The first kappa shape index (κ1) is 19.5. The Morgan fingerprint density at radius 1 is 1.43 bits per heavy atom. The summed E-state index contributed by atoms with van der Waals surface area (Å²) in [5, 5.41) is 2.92. The van der Waals surface area contributed by atoms with E-state index in [0.717, 1.165) is 0 Å². The molecule has 2 atom stereocenters. The van der Waals surface area contributed by atoms with Crippen LogP contribution in [0.4, 0.5) is 9.59 Å². The maximum absolute atomic E-state index is 12.1. The molecule has 1 fully saturated rings. The minimum atomic E-state index is -0.504. The molecule has 1 aliphatic rings. The molecule has 0 radical (unpaired) electrons. The molecule has 23 heavy (non-hydrogen) atoms. The highest BCUT2D eigenvalue weighted by Crippen LogP contribution is 2.10. The second kappa shape index (κ2) is 8.38. The van der Waals surface area contributed by atoms with Gasteiger partial charge in [0.1, 0.15) is 5.60 Å². The van der Waals surface area contributed by atoms with Crippen molar-refractivity contribution in [3.05, 3.63) is 0 Å². The van der Waals surface area contributed by atoms with Gasteiger partial charge in [-0.25, -0.2) is 9.59 Å². The van der Waals surface area contributed by atoms with Gasteiger partial charge in [-0.2, -0.15) is 0 Å². The molecule has 134 valence electrons. The van der Waals surface area contributed by atoms with Gasteiger partial charge in [-0.1, -0.05) is 6.92 Å². The molecule has 0 aromatic carbocycles. The van der Waals surface area contributed by atoms with Crippen LogP contribution < -0.4 is 5.32 Å². The van der Waals surface area contributed by atoms with Crippen LogP contribution in [0.25, 0.3) is 0 Å². The van der Waals surface area contributed by atoms with Crippen LogP contribution in [-0.2, 0) is 9.47 Å². The molecule has 7 nitrogen and oxygen atoms in total. The first-order chi connectivity index (χ1) is 10.6. The van der Waals surface area contributed by atoms with Crippen LogP contribution in [-0.4, -0.2) is 73.5 Å². The Morgan fingerprint density at radius 3 is 2.65 bits per heavy atom. The molecule has 1 aliphatic heterocycles. The maximum Gasteiger partial charge on any atom is 0.410 e. The highest BCUT2D eigenvalue weighted by Gasteiger charge is 2.23. The molecule has 0 bridgehead atoms. The molecule has 1 N–H and O–H groups in total. The van der Waals surface area contributed by atoms with Crippen molar-refractivity contribution < 1.29 is 19.1 Å². The summed E-state index contributed by atoms with van der Waals surface area (Å²) in [5.74, 6) is 0.134.